The van der Waals surface area contributed by atoms with Crippen LogP contribution in [0.1, 0.15) is 17.2 Å². The molecule has 0 unspecified atom stereocenters. The minimum absolute atomic E-state index is 0.0957. The second kappa shape index (κ2) is 9.02. The molecule has 1 aromatic heterocycles. The first-order valence-corrected chi connectivity index (χ1v) is 10.7. The number of benzene rings is 1. The van der Waals surface area contributed by atoms with E-state index in [0.717, 1.165) is 38.5 Å². The van der Waals surface area contributed by atoms with Crippen molar-refractivity contribution in [1.29, 1.82) is 0 Å². The largest absolute Gasteiger partial charge is 0.481 e. The Morgan fingerprint density at radius 3 is 2.70 bits per heavy atom. The highest BCUT2D eigenvalue weighted by Crippen LogP contribution is 2.69. The molecule has 1 aliphatic heterocycles. The zero-order valence-corrected chi connectivity index (χ0v) is 18.2. The van der Waals surface area contributed by atoms with Crippen molar-refractivity contribution in [2.45, 2.75) is 18.6 Å². The van der Waals surface area contributed by atoms with Gasteiger partial charge in [-0.15, -0.1) is 0 Å². The van der Waals surface area contributed by atoms with Crippen LogP contribution in [0.5, 0.6) is 5.88 Å². The first-order valence-electron chi connectivity index (χ1n) is 10.7. The summed E-state index contributed by atoms with van der Waals surface area (Å²) in [4.78, 5) is 9.23. The van der Waals surface area contributed by atoms with Crippen LogP contribution in [-0.4, -0.2) is 80.0 Å². The van der Waals surface area contributed by atoms with E-state index in [1.54, 1.807) is 14.2 Å². The van der Waals surface area contributed by atoms with Gasteiger partial charge in [-0.3, -0.25) is 4.90 Å². The van der Waals surface area contributed by atoms with Gasteiger partial charge < -0.3 is 19.5 Å². The molecule has 6 nitrogen and oxygen atoms in total. The van der Waals surface area contributed by atoms with E-state index in [2.05, 4.69) is 52.2 Å². The van der Waals surface area contributed by atoms with E-state index >= 15 is 0 Å². The van der Waals surface area contributed by atoms with Gasteiger partial charge >= 0.3 is 0 Å². The Labute approximate surface area is 179 Å². The number of ether oxygens (including phenoxy) is 2. The van der Waals surface area contributed by atoms with Crippen LogP contribution in [0.25, 0.3) is 0 Å². The fourth-order valence-corrected chi connectivity index (χ4v) is 5.34. The number of likely N-dealkylation sites (tertiary alicyclic amines) is 1. The summed E-state index contributed by atoms with van der Waals surface area (Å²) in [5.41, 5.74) is 2.22. The second-order valence-electron chi connectivity index (χ2n) is 8.72. The molecule has 1 aromatic carbocycles. The third kappa shape index (κ3) is 4.10. The first kappa shape index (κ1) is 21.2. The van der Waals surface area contributed by atoms with E-state index in [0.29, 0.717) is 24.3 Å². The van der Waals surface area contributed by atoms with Crippen LogP contribution >= 0.6 is 0 Å². The van der Waals surface area contributed by atoms with Crippen LogP contribution in [-0.2, 0) is 11.3 Å². The standard InChI is InChI=1S/C24H33N3O3/c1-26(12-13-29-2)15-20-23(18-8-5-4-6-9-18)24(20)17-27(16-21(24)28)14-19-10-7-11-22(25-19)30-3/h4-11,20-21,23,28H,12-17H2,1-3H3/t20-,21-,23-,24-/m1/s1. The maximum absolute atomic E-state index is 11.2. The molecule has 2 fully saturated rings. The predicted molar refractivity (Wildman–Crippen MR) is 117 cm³/mol. The van der Waals surface area contributed by atoms with Crippen LogP contribution in [0.3, 0.4) is 0 Å². The number of β-amino-alcohol motifs (C(OH)–C–C–N with tert-alkyl or cyclic N) is 1. The number of pyridine rings is 1. The van der Waals surface area contributed by atoms with Gasteiger partial charge in [-0.25, -0.2) is 4.98 Å². The number of methoxy groups -OCH3 is 2. The molecule has 1 saturated heterocycles. The van der Waals surface area contributed by atoms with E-state index in [9.17, 15) is 5.11 Å². The van der Waals surface area contributed by atoms with Crippen LogP contribution < -0.4 is 4.74 Å². The minimum atomic E-state index is -0.339. The Bertz CT molecular complexity index is 833. The molecule has 30 heavy (non-hydrogen) atoms. The smallest absolute Gasteiger partial charge is 0.213 e. The molecule has 1 aliphatic carbocycles. The highest BCUT2D eigenvalue weighted by molar-refractivity contribution is 5.37. The van der Waals surface area contributed by atoms with Crippen LogP contribution in [0, 0.1) is 11.3 Å². The number of hydrogen-bond donors (Lipinski definition) is 1. The first-order chi connectivity index (χ1) is 14.6. The molecule has 6 heteroatoms. The Morgan fingerprint density at radius 2 is 1.97 bits per heavy atom. The minimum Gasteiger partial charge on any atom is -0.481 e. The van der Waals surface area contributed by atoms with Crippen molar-refractivity contribution in [3.05, 3.63) is 59.8 Å². The van der Waals surface area contributed by atoms with Crippen LogP contribution in [0.4, 0.5) is 0 Å². The summed E-state index contributed by atoms with van der Waals surface area (Å²) in [7, 11) is 5.52. The Morgan fingerprint density at radius 1 is 1.17 bits per heavy atom. The van der Waals surface area contributed by atoms with Gasteiger partial charge in [0.25, 0.3) is 0 Å². The molecule has 4 atom stereocenters. The van der Waals surface area contributed by atoms with Gasteiger partial charge in [-0.1, -0.05) is 36.4 Å². The van der Waals surface area contributed by atoms with Gasteiger partial charge in [-0.2, -0.15) is 0 Å². The lowest BCUT2D eigenvalue weighted by Crippen LogP contribution is -2.29. The summed E-state index contributed by atoms with van der Waals surface area (Å²) in [6.07, 6.45) is -0.339. The van der Waals surface area contributed by atoms with E-state index in [1.807, 2.05) is 18.2 Å². The summed E-state index contributed by atoms with van der Waals surface area (Å²) in [6.45, 7) is 4.88. The third-order valence-corrected chi connectivity index (χ3v) is 6.83. The lowest BCUT2D eigenvalue weighted by atomic mass is 9.95. The third-order valence-electron chi connectivity index (χ3n) is 6.83. The van der Waals surface area contributed by atoms with E-state index in [1.165, 1.54) is 5.56 Å². The number of rotatable bonds is 9. The Hall–Kier alpha value is -1.99. The number of hydrogen-bond acceptors (Lipinski definition) is 6. The molecular formula is C24H33N3O3. The van der Waals surface area contributed by atoms with Crippen LogP contribution in [0.2, 0.25) is 0 Å². The fourth-order valence-electron chi connectivity index (χ4n) is 5.34. The predicted octanol–water partition coefficient (Wildman–Crippen LogP) is 2.24. The van der Waals surface area contributed by atoms with E-state index in [-0.39, 0.29) is 11.5 Å². The van der Waals surface area contributed by atoms with Crippen molar-refractivity contribution in [1.82, 2.24) is 14.8 Å². The van der Waals surface area contributed by atoms with Gasteiger partial charge in [0.1, 0.15) is 0 Å². The van der Waals surface area contributed by atoms with Gasteiger partial charge in [0, 0.05) is 51.3 Å². The zero-order valence-electron chi connectivity index (χ0n) is 18.2. The normalized spacial score (nSPS) is 28.4. The molecule has 0 amide bonds. The van der Waals surface area contributed by atoms with Gasteiger partial charge in [0.05, 0.1) is 25.5 Å². The van der Waals surface area contributed by atoms with Crippen molar-refractivity contribution >= 4 is 0 Å². The zero-order chi connectivity index (χ0) is 21.1. The monoisotopic (exact) mass is 411 g/mol. The average Bonchev–Trinajstić information content (AvgIpc) is 3.26. The topological polar surface area (TPSA) is 58.1 Å². The molecule has 4 rings (SSSR count). The maximum Gasteiger partial charge on any atom is 0.213 e. The van der Waals surface area contributed by atoms with Crippen molar-refractivity contribution in [3.8, 4) is 5.88 Å². The maximum atomic E-state index is 11.2. The summed E-state index contributed by atoms with van der Waals surface area (Å²) in [5.74, 6) is 1.44. The Balaban J connectivity index is 1.51. The van der Waals surface area contributed by atoms with E-state index in [4.69, 9.17) is 9.47 Å². The van der Waals surface area contributed by atoms with Gasteiger partial charge in [0.15, 0.2) is 0 Å². The summed E-state index contributed by atoms with van der Waals surface area (Å²) < 4.78 is 10.5. The summed E-state index contributed by atoms with van der Waals surface area (Å²) in [5, 5.41) is 11.2. The van der Waals surface area contributed by atoms with E-state index < -0.39 is 0 Å². The molecule has 2 aliphatic rings. The lowest BCUT2D eigenvalue weighted by Gasteiger charge is -2.19. The molecule has 0 bridgehead atoms. The van der Waals surface area contributed by atoms with Gasteiger partial charge in [0.2, 0.25) is 5.88 Å². The SMILES string of the molecule is COCCN(C)C[C@@H]1[C@@H](c2ccccc2)[C@]12CN(Cc1cccc(OC)n1)C[C@H]2O. The Kier molecular flexibility index (Phi) is 6.39. The molecule has 2 aromatic rings. The summed E-state index contributed by atoms with van der Waals surface area (Å²) in [6, 6.07) is 16.5. The molecule has 1 N–H and O–H groups in total. The van der Waals surface area contributed by atoms with Crippen molar-refractivity contribution in [2.24, 2.45) is 11.3 Å². The number of aliphatic hydroxyl groups excluding tert-OH is 1. The number of likely N-dealkylation sites (N-methyl/N-ethyl adjacent to an activating group) is 1. The second-order valence-corrected chi connectivity index (χ2v) is 8.72. The highest BCUT2D eigenvalue weighted by Gasteiger charge is 2.70. The van der Waals surface area contributed by atoms with Crippen molar-refractivity contribution < 1.29 is 14.6 Å². The van der Waals surface area contributed by atoms with Crippen LogP contribution in [0.15, 0.2) is 48.5 Å². The number of nitrogens with zero attached hydrogens (tertiary/aromatic N) is 3. The quantitative estimate of drug-likeness (QED) is 0.683. The molecule has 2 heterocycles. The average molecular weight is 412 g/mol. The molecule has 162 valence electrons. The molecular weight excluding hydrogens is 378 g/mol. The number of aromatic nitrogens is 1. The fraction of sp³-hybridized carbons (Fsp3) is 0.542. The molecule has 0 radical (unpaired) electrons. The lowest BCUT2D eigenvalue weighted by molar-refractivity contribution is 0.112. The van der Waals surface area contributed by atoms with Gasteiger partial charge in [-0.05, 0) is 30.5 Å². The highest BCUT2D eigenvalue weighted by atomic mass is 16.5. The van der Waals surface area contributed by atoms with Crippen molar-refractivity contribution in [2.75, 3.05) is 54.1 Å². The molecule has 1 spiro atoms. The van der Waals surface area contributed by atoms with Crippen molar-refractivity contribution in [3.63, 3.8) is 0 Å². The molecule has 1 saturated carbocycles. The number of aliphatic hydroxyl groups is 1. The summed E-state index contributed by atoms with van der Waals surface area (Å²) >= 11 is 0.